The van der Waals surface area contributed by atoms with Crippen molar-refractivity contribution in [3.05, 3.63) is 18.2 Å². The van der Waals surface area contributed by atoms with E-state index in [-0.39, 0.29) is 30.0 Å². The van der Waals surface area contributed by atoms with Crippen molar-refractivity contribution in [1.82, 2.24) is 14.5 Å². The molecule has 1 N–H and O–H groups in total. The zero-order valence-electron chi connectivity index (χ0n) is 13.3. The van der Waals surface area contributed by atoms with Gasteiger partial charge < -0.3 is 19.3 Å². The number of hydrogen-bond donors (Lipinski definition) is 1. The van der Waals surface area contributed by atoms with E-state index < -0.39 is 0 Å². The molecule has 1 aliphatic heterocycles. The molecule has 0 unspecified atom stereocenters. The Morgan fingerprint density at radius 3 is 2.91 bits per heavy atom. The first-order chi connectivity index (χ1) is 10.6. The molecule has 3 atom stereocenters. The van der Waals surface area contributed by atoms with Crippen LogP contribution in [0.1, 0.15) is 49.6 Å². The number of rotatable bonds is 3. The van der Waals surface area contributed by atoms with Gasteiger partial charge in [-0.3, -0.25) is 4.79 Å². The minimum absolute atomic E-state index is 0.0389. The molecule has 2 heterocycles. The first kappa shape index (κ1) is 15.5. The maximum Gasteiger partial charge on any atom is 0.274 e. The van der Waals surface area contributed by atoms with Gasteiger partial charge in [0, 0.05) is 24.7 Å². The summed E-state index contributed by atoms with van der Waals surface area (Å²) < 4.78 is 7.51. The fourth-order valence-corrected chi connectivity index (χ4v) is 3.52. The molecule has 1 saturated carbocycles. The number of imidazole rings is 1. The Hall–Kier alpha value is -1.40. The van der Waals surface area contributed by atoms with Gasteiger partial charge in [-0.25, -0.2) is 4.98 Å². The van der Waals surface area contributed by atoms with Crippen LogP contribution in [-0.4, -0.2) is 57.4 Å². The Kier molecular flexibility index (Phi) is 4.49. The molecular weight excluding hydrogens is 282 g/mol. The van der Waals surface area contributed by atoms with Crippen molar-refractivity contribution in [2.24, 2.45) is 5.92 Å². The Morgan fingerprint density at radius 1 is 1.45 bits per heavy atom. The second kappa shape index (κ2) is 6.38. The monoisotopic (exact) mass is 307 g/mol. The summed E-state index contributed by atoms with van der Waals surface area (Å²) in [4.78, 5) is 18.9. The number of ether oxygens (including phenoxy) is 1. The van der Waals surface area contributed by atoms with Crippen molar-refractivity contribution >= 4 is 5.91 Å². The fraction of sp³-hybridized carbons (Fsp3) is 0.750. The lowest BCUT2D eigenvalue weighted by Gasteiger charge is -2.39. The smallest absolute Gasteiger partial charge is 0.274 e. The number of morpholine rings is 1. The molecule has 1 aromatic rings. The van der Waals surface area contributed by atoms with Crippen LogP contribution in [0.25, 0.3) is 0 Å². The Bertz CT molecular complexity index is 528. The van der Waals surface area contributed by atoms with Crippen molar-refractivity contribution in [2.45, 2.75) is 51.3 Å². The first-order valence-electron chi connectivity index (χ1n) is 8.18. The highest BCUT2D eigenvalue weighted by Crippen LogP contribution is 2.32. The van der Waals surface area contributed by atoms with Gasteiger partial charge in [-0.1, -0.05) is 6.42 Å². The van der Waals surface area contributed by atoms with E-state index in [1.54, 1.807) is 6.33 Å². The maximum atomic E-state index is 12.8. The van der Waals surface area contributed by atoms with Crippen LogP contribution in [0.3, 0.4) is 0 Å². The van der Waals surface area contributed by atoms with Crippen LogP contribution in [0.4, 0.5) is 0 Å². The molecule has 0 aromatic carbocycles. The number of carbonyl (C=O) groups is 1. The van der Waals surface area contributed by atoms with E-state index in [4.69, 9.17) is 4.74 Å². The normalized spacial score (nSPS) is 29.3. The van der Waals surface area contributed by atoms with E-state index in [1.165, 1.54) is 0 Å². The zero-order valence-corrected chi connectivity index (χ0v) is 13.3. The highest BCUT2D eigenvalue weighted by Gasteiger charge is 2.40. The van der Waals surface area contributed by atoms with Crippen LogP contribution >= 0.6 is 0 Å². The van der Waals surface area contributed by atoms with Gasteiger partial charge in [-0.05, 0) is 26.7 Å². The maximum absolute atomic E-state index is 12.8. The largest absolute Gasteiger partial charge is 0.393 e. The van der Waals surface area contributed by atoms with Crippen molar-refractivity contribution in [3.63, 3.8) is 0 Å². The average Bonchev–Trinajstić information content (AvgIpc) is 3.15. The minimum atomic E-state index is -0.324. The third kappa shape index (κ3) is 2.90. The number of aliphatic hydroxyl groups is 1. The molecule has 1 aromatic heterocycles. The molecule has 3 rings (SSSR count). The summed E-state index contributed by atoms with van der Waals surface area (Å²) in [7, 11) is 0. The number of amides is 1. The summed E-state index contributed by atoms with van der Waals surface area (Å²) in [6.07, 6.45) is 5.99. The summed E-state index contributed by atoms with van der Waals surface area (Å²) in [6.45, 7) is 5.75. The number of nitrogens with zero attached hydrogens (tertiary/aromatic N) is 3. The molecule has 122 valence electrons. The minimum Gasteiger partial charge on any atom is -0.393 e. The highest BCUT2D eigenvalue weighted by molar-refractivity contribution is 5.92. The van der Waals surface area contributed by atoms with E-state index >= 15 is 0 Å². The predicted octanol–water partition coefficient (Wildman–Crippen LogP) is 1.47. The van der Waals surface area contributed by atoms with Gasteiger partial charge in [-0.2, -0.15) is 0 Å². The van der Waals surface area contributed by atoms with Gasteiger partial charge in [0.1, 0.15) is 5.69 Å². The zero-order chi connectivity index (χ0) is 15.7. The molecule has 1 aliphatic carbocycles. The summed E-state index contributed by atoms with van der Waals surface area (Å²) in [5.74, 6) is 0.0724. The molecule has 2 fully saturated rings. The van der Waals surface area contributed by atoms with Crippen LogP contribution in [0.15, 0.2) is 12.5 Å². The molecule has 22 heavy (non-hydrogen) atoms. The predicted molar refractivity (Wildman–Crippen MR) is 81.6 cm³/mol. The standard InChI is InChI=1S/C16H25N3O3/c1-11(2)18-8-13(17-10-18)16(21)19-6-7-22-9-14(19)12-4-3-5-15(12)20/h8,10-12,14-15,20H,3-7,9H2,1-2H3/t12-,14+,15-/m0/s1. The number of hydrogen-bond acceptors (Lipinski definition) is 4. The molecule has 0 bridgehead atoms. The van der Waals surface area contributed by atoms with Gasteiger partial charge in [0.15, 0.2) is 0 Å². The molecular formula is C16H25N3O3. The van der Waals surface area contributed by atoms with E-state index in [0.717, 1.165) is 19.3 Å². The van der Waals surface area contributed by atoms with Gasteiger partial charge in [0.2, 0.25) is 0 Å². The van der Waals surface area contributed by atoms with Gasteiger partial charge in [0.25, 0.3) is 5.91 Å². The Labute approximate surface area is 131 Å². The Balaban J connectivity index is 1.78. The van der Waals surface area contributed by atoms with E-state index in [1.807, 2.05) is 15.7 Å². The van der Waals surface area contributed by atoms with Crippen LogP contribution in [0.2, 0.25) is 0 Å². The molecule has 1 saturated heterocycles. The van der Waals surface area contributed by atoms with Crippen LogP contribution < -0.4 is 0 Å². The van der Waals surface area contributed by atoms with Gasteiger partial charge >= 0.3 is 0 Å². The van der Waals surface area contributed by atoms with Crippen LogP contribution in [0.5, 0.6) is 0 Å². The molecule has 1 amide bonds. The summed E-state index contributed by atoms with van der Waals surface area (Å²) in [6, 6.07) is 0.245. The second-order valence-electron chi connectivity index (χ2n) is 6.60. The van der Waals surface area contributed by atoms with Gasteiger partial charge in [0.05, 0.1) is 31.7 Å². The summed E-state index contributed by atoms with van der Waals surface area (Å²) in [5, 5.41) is 10.2. The number of carbonyl (C=O) groups excluding carboxylic acids is 1. The molecule has 2 aliphatic rings. The quantitative estimate of drug-likeness (QED) is 0.918. The summed E-state index contributed by atoms with van der Waals surface area (Å²) in [5.41, 5.74) is 0.480. The third-order valence-electron chi connectivity index (χ3n) is 4.87. The lowest BCUT2D eigenvalue weighted by molar-refractivity contribution is -0.0385. The van der Waals surface area contributed by atoms with Crippen LogP contribution in [0, 0.1) is 5.92 Å². The lowest BCUT2D eigenvalue weighted by Crippen LogP contribution is -2.53. The second-order valence-corrected chi connectivity index (χ2v) is 6.60. The first-order valence-corrected chi connectivity index (χ1v) is 8.18. The van der Waals surface area contributed by atoms with Crippen LogP contribution in [-0.2, 0) is 4.74 Å². The van der Waals surface area contributed by atoms with Crippen molar-refractivity contribution in [3.8, 4) is 0 Å². The third-order valence-corrected chi connectivity index (χ3v) is 4.87. The van der Waals surface area contributed by atoms with E-state index in [0.29, 0.717) is 25.5 Å². The average molecular weight is 307 g/mol. The van der Waals surface area contributed by atoms with Crippen molar-refractivity contribution < 1.29 is 14.6 Å². The van der Waals surface area contributed by atoms with E-state index in [9.17, 15) is 9.90 Å². The summed E-state index contributed by atoms with van der Waals surface area (Å²) >= 11 is 0. The van der Waals surface area contributed by atoms with Crippen molar-refractivity contribution in [2.75, 3.05) is 19.8 Å². The molecule has 0 radical (unpaired) electrons. The van der Waals surface area contributed by atoms with Gasteiger partial charge in [-0.15, -0.1) is 0 Å². The SMILES string of the molecule is CC(C)n1cnc(C(=O)N2CCOC[C@@H]2[C@@H]2CCC[C@@H]2O)c1. The lowest BCUT2D eigenvalue weighted by atomic mass is 9.94. The topological polar surface area (TPSA) is 67.6 Å². The molecule has 0 spiro atoms. The fourth-order valence-electron chi connectivity index (χ4n) is 3.52. The number of aliphatic hydroxyl groups excluding tert-OH is 1. The highest BCUT2D eigenvalue weighted by atomic mass is 16.5. The van der Waals surface area contributed by atoms with E-state index in [2.05, 4.69) is 18.8 Å². The number of aromatic nitrogens is 2. The van der Waals surface area contributed by atoms with Crippen molar-refractivity contribution in [1.29, 1.82) is 0 Å². The Morgan fingerprint density at radius 2 is 2.27 bits per heavy atom. The molecule has 6 heteroatoms. The molecule has 6 nitrogen and oxygen atoms in total.